The summed E-state index contributed by atoms with van der Waals surface area (Å²) >= 11 is 0. The second-order valence-corrected chi connectivity index (χ2v) is 5.19. The fraction of sp³-hybridized carbons (Fsp3) is 0.533. The van der Waals surface area contributed by atoms with Crippen molar-refractivity contribution in [1.29, 1.82) is 0 Å². The fourth-order valence-corrected chi connectivity index (χ4v) is 2.79. The van der Waals surface area contributed by atoms with E-state index in [1.54, 1.807) is 0 Å². The van der Waals surface area contributed by atoms with Crippen molar-refractivity contribution in [1.82, 2.24) is 4.90 Å². The van der Waals surface area contributed by atoms with Gasteiger partial charge in [0, 0.05) is 26.1 Å². The maximum absolute atomic E-state index is 11.5. The summed E-state index contributed by atoms with van der Waals surface area (Å²) in [5, 5.41) is 0. The lowest BCUT2D eigenvalue weighted by molar-refractivity contribution is -0.160. The molecule has 5 nitrogen and oxygen atoms in total. The van der Waals surface area contributed by atoms with Gasteiger partial charge in [-0.3, -0.25) is 4.90 Å². The van der Waals surface area contributed by atoms with E-state index in [-0.39, 0.29) is 12.1 Å². The topological polar surface area (TPSA) is 48.0 Å². The molecule has 0 aromatic heterocycles. The number of fused-ring (bicyclic) bond motifs is 1. The van der Waals surface area contributed by atoms with Gasteiger partial charge in [0.1, 0.15) is 11.9 Å². The molecule has 20 heavy (non-hydrogen) atoms. The van der Waals surface area contributed by atoms with Gasteiger partial charge in [0.2, 0.25) is 0 Å². The molecular formula is C15H19NO4. The number of nitrogens with zero attached hydrogens (tertiary/aromatic N) is 1. The lowest BCUT2D eigenvalue weighted by Gasteiger charge is -2.32. The third-order valence-electron chi connectivity index (χ3n) is 3.79. The largest absolute Gasteiger partial charge is 0.488 e. The maximum atomic E-state index is 11.5. The molecule has 0 spiro atoms. The molecule has 2 aliphatic heterocycles. The Hall–Kier alpha value is -1.59. The van der Waals surface area contributed by atoms with Gasteiger partial charge >= 0.3 is 5.97 Å². The van der Waals surface area contributed by atoms with E-state index in [9.17, 15) is 4.79 Å². The Labute approximate surface area is 118 Å². The molecule has 2 aliphatic rings. The Morgan fingerprint density at radius 1 is 1.45 bits per heavy atom. The van der Waals surface area contributed by atoms with Crippen molar-refractivity contribution in [2.45, 2.75) is 18.6 Å². The van der Waals surface area contributed by atoms with Crippen LogP contribution in [0.4, 0.5) is 0 Å². The average molecular weight is 277 g/mol. The molecule has 1 aromatic carbocycles. The van der Waals surface area contributed by atoms with Gasteiger partial charge in [0.25, 0.3) is 0 Å². The molecule has 1 aromatic rings. The average Bonchev–Trinajstić information content (AvgIpc) is 2.88. The Bertz CT molecular complexity index is 466. The molecule has 1 fully saturated rings. The van der Waals surface area contributed by atoms with Gasteiger partial charge in [-0.2, -0.15) is 0 Å². The number of benzene rings is 1. The Balaban J connectivity index is 1.56. The zero-order valence-corrected chi connectivity index (χ0v) is 11.6. The van der Waals surface area contributed by atoms with Crippen molar-refractivity contribution in [3.05, 3.63) is 29.8 Å². The molecule has 0 radical (unpaired) electrons. The molecule has 108 valence electrons. The van der Waals surface area contributed by atoms with E-state index in [1.807, 2.05) is 18.2 Å². The quantitative estimate of drug-likeness (QED) is 0.767. The van der Waals surface area contributed by atoms with Crippen molar-refractivity contribution < 1.29 is 19.0 Å². The van der Waals surface area contributed by atoms with Crippen LogP contribution in [0.3, 0.4) is 0 Å². The molecule has 0 aliphatic carbocycles. The Morgan fingerprint density at radius 3 is 3.10 bits per heavy atom. The Kier molecular flexibility index (Phi) is 3.89. The van der Waals surface area contributed by atoms with E-state index in [2.05, 4.69) is 11.0 Å². The number of hydrogen-bond donors (Lipinski definition) is 0. The summed E-state index contributed by atoms with van der Waals surface area (Å²) in [5.41, 5.74) is 1.26. The standard InChI is InChI=1S/C15H19NO4/c1-18-15(17)14-10-16(6-7-19-14)9-12-8-11-4-2-3-5-13(11)20-12/h2-5,12,14H,6-10H2,1H3. The number of methoxy groups -OCH3 is 1. The first-order valence-corrected chi connectivity index (χ1v) is 6.92. The lowest BCUT2D eigenvalue weighted by atomic mass is 10.1. The Morgan fingerprint density at radius 2 is 2.30 bits per heavy atom. The monoisotopic (exact) mass is 277 g/mol. The number of carbonyl (C=O) groups excluding carboxylic acids is 1. The molecular weight excluding hydrogens is 258 g/mol. The van der Waals surface area contributed by atoms with Crippen LogP contribution >= 0.6 is 0 Å². The highest BCUT2D eigenvalue weighted by Crippen LogP contribution is 2.28. The van der Waals surface area contributed by atoms with Crippen LogP contribution in [-0.2, 0) is 20.7 Å². The third kappa shape index (κ3) is 2.78. The normalized spacial score (nSPS) is 25.9. The van der Waals surface area contributed by atoms with Gasteiger partial charge in [-0.25, -0.2) is 4.79 Å². The minimum absolute atomic E-state index is 0.156. The summed E-state index contributed by atoms with van der Waals surface area (Å²) in [5.74, 6) is 0.681. The summed E-state index contributed by atoms with van der Waals surface area (Å²) in [6.45, 7) is 2.76. The predicted molar refractivity (Wildman–Crippen MR) is 72.8 cm³/mol. The number of ether oxygens (including phenoxy) is 3. The van der Waals surface area contributed by atoms with Crippen LogP contribution in [0.2, 0.25) is 0 Å². The number of hydrogen-bond acceptors (Lipinski definition) is 5. The van der Waals surface area contributed by atoms with Crippen LogP contribution < -0.4 is 4.74 Å². The predicted octanol–water partition coefficient (Wildman–Crippen LogP) is 0.864. The molecule has 0 amide bonds. The van der Waals surface area contributed by atoms with Crippen molar-refractivity contribution in [3.63, 3.8) is 0 Å². The van der Waals surface area contributed by atoms with E-state index >= 15 is 0 Å². The van der Waals surface area contributed by atoms with Crippen LogP contribution in [0.5, 0.6) is 5.75 Å². The lowest BCUT2D eigenvalue weighted by Crippen LogP contribution is -2.49. The first-order valence-electron chi connectivity index (χ1n) is 6.92. The van der Waals surface area contributed by atoms with E-state index in [0.29, 0.717) is 13.2 Å². The van der Waals surface area contributed by atoms with Gasteiger partial charge < -0.3 is 14.2 Å². The van der Waals surface area contributed by atoms with Gasteiger partial charge in [-0.05, 0) is 11.6 Å². The van der Waals surface area contributed by atoms with E-state index in [4.69, 9.17) is 14.2 Å². The number of rotatable bonds is 3. The van der Waals surface area contributed by atoms with Gasteiger partial charge in [0.05, 0.1) is 13.7 Å². The van der Waals surface area contributed by atoms with Gasteiger partial charge in [-0.15, -0.1) is 0 Å². The zero-order chi connectivity index (χ0) is 13.9. The molecule has 2 atom stereocenters. The molecule has 0 saturated carbocycles. The maximum Gasteiger partial charge on any atom is 0.336 e. The first kappa shape index (κ1) is 13.4. The summed E-state index contributed by atoms with van der Waals surface area (Å²) in [6, 6.07) is 8.13. The van der Waals surface area contributed by atoms with E-state index in [0.717, 1.165) is 25.3 Å². The minimum Gasteiger partial charge on any atom is -0.488 e. The fourth-order valence-electron chi connectivity index (χ4n) is 2.79. The highest BCUT2D eigenvalue weighted by atomic mass is 16.6. The first-order chi connectivity index (χ1) is 9.76. The molecule has 2 unspecified atom stereocenters. The number of esters is 1. The number of para-hydroxylation sites is 1. The van der Waals surface area contributed by atoms with Crippen LogP contribution in [0.15, 0.2) is 24.3 Å². The van der Waals surface area contributed by atoms with Crippen LogP contribution in [0.25, 0.3) is 0 Å². The molecule has 3 rings (SSSR count). The summed E-state index contributed by atoms with van der Waals surface area (Å²) in [7, 11) is 1.39. The summed E-state index contributed by atoms with van der Waals surface area (Å²) < 4.78 is 16.1. The van der Waals surface area contributed by atoms with Crippen molar-refractivity contribution in [2.24, 2.45) is 0 Å². The van der Waals surface area contributed by atoms with E-state index in [1.165, 1.54) is 12.7 Å². The smallest absolute Gasteiger partial charge is 0.336 e. The van der Waals surface area contributed by atoms with Crippen LogP contribution in [-0.4, -0.2) is 56.4 Å². The third-order valence-corrected chi connectivity index (χ3v) is 3.79. The SMILES string of the molecule is COC(=O)C1CN(CC2Cc3ccccc3O2)CCO1. The van der Waals surface area contributed by atoms with Crippen molar-refractivity contribution >= 4 is 5.97 Å². The van der Waals surface area contributed by atoms with E-state index < -0.39 is 6.10 Å². The molecule has 0 bridgehead atoms. The summed E-state index contributed by atoms with van der Waals surface area (Å²) in [4.78, 5) is 13.7. The van der Waals surface area contributed by atoms with Crippen molar-refractivity contribution in [2.75, 3.05) is 33.4 Å². The van der Waals surface area contributed by atoms with Gasteiger partial charge in [-0.1, -0.05) is 18.2 Å². The zero-order valence-electron chi connectivity index (χ0n) is 11.6. The molecule has 2 heterocycles. The van der Waals surface area contributed by atoms with Gasteiger partial charge in [0.15, 0.2) is 6.10 Å². The highest BCUT2D eigenvalue weighted by Gasteiger charge is 2.31. The minimum atomic E-state index is -0.475. The number of morpholine rings is 1. The van der Waals surface area contributed by atoms with Crippen molar-refractivity contribution in [3.8, 4) is 5.75 Å². The second-order valence-electron chi connectivity index (χ2n) is 5.19. The molecule has 5 heteroatoms. The molecule has 1 saturated heterocycles. The second kappa shape index (κ2) is 5.81. The highest BCUT2D eigenvalue weighted by molar-refractivity contribution is 5.74. The number of carbonyl (C=O) groups is 1. The summed E-state index contributed by atoms with van der Waals surface area (Å²) in [6.07, 6.45) is 0.609. The van der Waals surface area contributed by atoms with Crippen LogP contribution in [0.1, 0.15) is 5.56 Å². The van der Waals surface area contributed by atoms with Crippen LogP contribution in [0, 0.1) is 0 Å². The molecule has 0 N–H and O–H groups in total.